The Labute approximate surface area is 206 Å². The van der Waals surface area contributed by atoms with Crippen molar-refractivity contribution in [2.45, 2.75) is 33.3 Å². The highest BCUT2D eigenvalue weighted by Crippen LogP contribution is 2.49. The molecule has 2 unspecified atom stereocenters. The lowest BCUT2D eigenvalue weighted by atomic mass is 9.99. The lowest BCUT2D eigenvalue weighted by Crippen LogP contribution is -2.73. The smallest absolute Gasteiger partial charge is 0.352 e. The summed E-state index contributed by atoms with van der Waals surface area (Å²) in [4.78, 5) is 31.6. The summed E-state index contributed by atoms with van der Waals surface area (Å²) >= 11 is 2.66. The Morgan fingerprint density at radius 2 is 2.21 bits per heavy atom. The molecule has 1 N–H and O–H groups in total. The van der Waals surface area contributed by atoms with Crippen molar-refractivity contribution in [3.63, 3.8) is 0 Å². The van der Waals surface area contributed by atoms with E-state index >= 15 is 0 Å². The number of methoxy groups -OCH3 is 1. The molecule has 0 spiro atoms. The standard InChI is InChI=1S/C20H22N6O5S3/c1-12(34(30)14-7-5-4-6-8-14)9-21-20(31-3)17(29)26-15(16(27)28)13(10-32-18(20)26)11-33-19-22-23-24-25(19)2/h4-9,12,18H,10-11H2,1-3H3,(H,27,28)/t12?,18-,20-,34?/m0/s1. The molecule has 1 saturated heterocycles. The molecule has 0 bridgehead atoms. The number of aryl methyl sites for hydroxylation is 1. The zero-order valence-electron chi connectivity index (χ0n) is 18.5. The van der Waals surface area contributed by atoms with E-state index in [1.807, 2.05) is 6.07 Å². The maximum Gasteiger partial charge on any atom is 0.352 e. The van der Waals surface area contributed by atoms with Crippen LogP contribution in [0.4, 0.5) is 0 Å². The number of hydrogen-bond acceptors (Lipinski definition) is 10. The maximum absolute atomic E-state index is 13.2. The Kier molecular flexibility index (Phi) is 7.21. The zero-order chi connectivity index (χ0) is 24.5. The second-order valence-electron chi connectivity index (χ2n) is 7.46. The van der Waals surface area contributed by atoms with Crippen molar-refractivity contribution in [3.05, 3.63) is 41.6 Å². The molecule has 1 fully saturated rings. The Morgan fingerprint density at radius 1 is 1.47 bits per heavy atom. The fraction of sp³-hybridized carbons (Fsp3) is 0.400. The Balaban J connectivity index is 1.54. The normalized spacial score (nSPS) is 24.1. The van der Waals surface area contributed by atoms with E-state index in [0.717, 1.165) is 0 Å². The first-order valence-electron chi connectivity index (χ1n) is 10.1. The van der Waals surface area contributed by atoms with E-state index in [2.05, 4.69) is 20.5 Å². The molecule has 34 heavy (non-hydrogen) atoms. The maximum atomic E-state index is 13.2. The summed E-state index contributed by atoms with van der Waals surface area (Å²) in [6.45, 7) is 1.74. The molecule has 2 aliphatic heterocycles. The van der Waals surface area contributed by atoms with Gasteiger partial charge in [-0.25, -0.2) is 9.48 Å². The molecule has 0 saturated carbocycles. The molecule has 180 valence electrons. The number of β-lactam (4-membered cyclic amide) rings is 1. The van der Waals surface area contributed by atoms with Crippen LogP contribution in [0, 0.1) is 0 Å². The summed E-state index contributed by atoms with van der Waals surface area (Å²) in [5.41, 5.74) is -1.05. The van der Waals surface area contributed by atoms with Gasteiger partial charge < -0.3 is 9.84 Å². The molecular weight excluding hydrogens is 500 g/mol. The van der Waals surface area contributed by atoms with Crippen LogP contribution in [0.25, 0.3) is 0 Å². The lowest BCUT2D eigenvalue weighted by molar-refractivity contribution is -0.182. The van der Waals surface area contributed by atoms with E-state index in [4.69, 9.17) is 4.74 Å². The van der Waals surface area contributed by atoms with E-state index < -0.39 is 39.0 Å². The number of carboxylic acids is 1. The van der Waals surface area contributed by atoms with Crippen molar-refractivity contribution < 1.29 is 23.6 Å². The molecular formula is C20H22N6O5S3. The predicted molar refractivity (Wildman–Crippen MR) is 128 cm³/mol. The fourth-order valence-corrected chi connectivity index (χ4v) is 7.02. The highest BCUT2D eigenvalue weighted by Gasteiger charge is 2.66. The van der Waals surface area contributed by atoms with Gasteiger partial charge in [-0.15, -0.1) is 16.9 Å². The van der Waals surface area contributed by atoms with E-state index in [1.54, 1.807) is 38.2 Å². The van der Waals surface area contributed by atoms with Crippen molar-refractivity contribution in [2.24, 2.45) is 12.0 Å². The molecule has 4 atom stereocenters. The summed E-state index contributed by atoms with van der Waals surface area (Å²) in [7, 11) is 1.69. The molecule has 2 aromatic rings. The van der Waals surface area contributed by atoms with Gasteiger partial charge in [-0.3, -0.25) is 18.9 Å². The highest BCUT2D eigenvalue weighted by molar-refractivity contribution is 8.01. The molecule has 11 nitrogen and oxygen atoms in total. The van der Waals surface area contributed by atoms with Crippen LogP contribution in [-0.2, 0) is 32.2 Å². The molecule has 0 radical (unpaired) electrons. The predicted octanol–water partition coefficient (Wildman–Crippen LogP) is 1.17. The molecule has 1 aromatic carbocycles. The topological polar surface area (TPSA) is 140 Å². The number of amides is 1. The van der Waals surface area contributed by atoms with Gasteiger partial charge in [0, 0.05) is 36.8 Å². The van der Waals surface area contributed by atoms with Gasteiger partial charge in [0.15, 0.2) is 0 Å². The summed E-state index contributed by atoms with van der Waals surface area (Å²) in [5, 5.41) is 20.5. The van der Waals surface area contributed by atoms with Crippen molar-refractivity contribution in [2.75, 3.05) is 18.6 Å². The first-order chi connectivity index (χ1) is 16.3. The van der Waals surface area contributed by atoms with E-state index in [-0.39, 0.29) is 5.70 Å². The average molecular weight is 523 g/mol. The number of fused-ring (bicyclic) bond motifs is 1. The van der Waals surface area contributed by atoms with Crippen LogP contribution in [0.5, 0.6) is 0 Å². The SMILES string of the molecule is CO[C@@]1(N=CC(C)S(=O)c2ccccc2)C(=O)N2C(C(=O)O)=C(CSc3nnnn3C)CS[C@H]21. The average Bonchev–Trinajstić information content (AvgIpc) is 3.26. The monoisotopic (exact) mass is 522 g/mol. The third-order valence-corrected chi connectivity index (χ3v) is 9.34. The number of aromatic nitrogens is 4. The number of tetrazole rings is 1. The summed E-state index contributed by atoms with van der Waals surface area (Å²) in [6, 6.07) is 8.97. The number of aliphatic carboxylic acids is 1. The van der Waals surface area contributed by atoms with Gasteiger partial charge in [-0.1, -0.05) is 30.0 Å². The number of carbonyl (C=O) groups excluding carboxylic acids is 1. The van der Waals surface area contributed by atoms with Crippen molar-refractivity contribution >= 4 is 52.4 Å². The minimum absolute atomic E-state index is 0.0693. The van der Waals surface area contributed by atoms with Gasteiger partial charge in [-0.2, -0.15) is 0 Å². The van der Waals surface area contributed by atoms with Gasteiger partial charge in [0.2, 0.25) is 5.16 Å². The largest absolute Gasteiger partial charge is 0.477 e. The fourth-order valence-electron chi connectivity index (χ4n) is 3.58. The van der Waals surface area contributed by atoms with Crippen LogP contribution in [0.2, 0.25) is 0 Å². The number of ether oxygens (including phenoxy) is 1. The van der Waals surface area contributed by atoms with E-state index in [9.17, 15) is 18.9 Å². The van der Waals surface area contributed by atoms with Crippen molar-refractivity contribution in [3.8, 4) is 0 Å². The quantitative estimate of drug-likeness (QED) is 0.290. The number of aliphatic imine (C=N–C) groups is 1. The number of hydrogen-bond donors (Lipinski definition) is 1. The summed E-state index contributed by atoms with van der Waals surface area (Å²) in [5.74, 6) is -1.07. The Hall–Kier alpha value is -2.55. The highest BCUT2D eigenvalue weighted by atomic mass is 32.2. The van der Waals surface area contributed by atoms with Gasteiger partial charge >= 0.3 is 5.97 Å². The molecule has 1 aromatic heterocycles. The second kappa shape index (κ2) is 9.98. The summed E-state index contributed by atoms with van der Waals surface area (Å²) < 4.78 is 19.8. The number of carboxylic acid groups (broad SMARTS) is 1. The van der Waals surface area contributed by atoms with Crippen LogP contribution >= 0.6 is 23.5 Å². The Bertz CT molecular complexity index is 1190. The molecule has 3 heterocycles. The first kappa shape index (κ1) is 24.6. The third kappa shape index (κ3) is 4.30. The van der Waals surface area contributed by atoms with Gasteiger partial charge in [-0.05, 0) is 35.1 Å². The first-order valence-corrected chi connectivity index (χ1v) is 13.4. The molecule has 0 aliphatic carbocycles. The number of carbonyl (C=O) groups is 2. The van der Waals surface area contributed by atoms with Crippen LogP contribution in [0.3, 0.4) is 0 Å². The molecule has 14 heteroatoms. The van der Waals surface area contributed by atoms with E-state index in [0.29, 0.717) is 27.1 Å². The van der Waals surface area contributed by atoms with Gasteiger partial charge in [0.1, 0.15) is 11.1 Å². The van der Waals surface area contributed by atoms with Crippen molar-refractivity contribution in [1.82, 2.24) is 25.1 Å². The number of rotatable bonds is 9. The second-order valence-corrected chi connectivity index (χ2v) is 11.3. The number of thioether (sulfide) groups is 2. The minimum Gasteiger partial charge on any atom is -0.477 e. The van der Waals surface area contributed by atoms with Gasteiger partial charge in [0.05, 0.1) is 16.0 Å². The molecule has 2 aliphatic rings. The molecule has 1 amide bonds. The van der Waals surface area contributed by atoms with E-state index in [1.165, 1.54) is 46.4 Å². The third-order valence-electron chi connectivity index (χ3n) is 5.35. The number of benzene rings is 1. The van der Waals surface area contributed by atoms with Gasteiger partial charge in [0.25, 0.3) is 11.6 Å². The number of nitrogens with zero attached hydrogens (tertiary/aromatic N) is 6. The Morgan fingerprint density at radius 3 is 2.82 bits per heavy atom. The lowest BCUT2D eigenvalue weighted by Gasteiger charge is -2.53. The minimum atomic E-state index is -1.56. The summed E-state index contributed by atoms with van der Waals surface area (Å²) in [6.07, 6.45) is 1.46. The van der Waals surface area contributed by atoms with Crippen LogP contribution in [-0.4, -0.2) is 87.5 Å². The van der Waals surface area contributed by atoms with Crippen LogP contribution in [0.15, 0.2) is 56.6 Å². The van der Waals surface area contributed by atoms with Crippen LogP contribution < -0.4 is 0 Å². The molecule has 4 rings (SSSR count). The van der Waals surface area contributed by atoms with Crippen LogP contribution in [0.1, 0.15) is 6.92 Å². The van der Waals surface area contributed by atoms with Crippen molar-refractivity contribution in [1.29, 1.82) is 0 Å². The zero-order valence-corrected chi connectivity index (χ0v) is 21.0.